The summed E-state index contributed by atoms with van der Waals surface area (Å²) in [5, 5.41) is 4.54. The first kappa shape index (κ1) is 33.3. The van der Waals surface area contributed by atoms with E-state index in [0.29, 0.717) is 0 Å². The predicted molar refractivity (Wildman–Crippen MR) is 236 cm³/mol. The molecule has 0 aliphatic carbocycles. The number of aromatic nitrogens is 2. The fourth-order valence-corrected chi connectivity index (χ4v) is 8.02. The molecule has 0 amide bonds. The van der Waals surface area contributed by atoms with E-state index in [9.17, 15) is 4.39 Å². The summed E-state index contributed by atoms with van der Waals surface area (Å²) in [6.07, 6.45) is 8.63. The van der Waals surface area contributed by atoms with Crippen LogP contribution in [0.3, 0.4) is 0 Å². The van der Waals surface area contributed by atoms with Crippen molar-refractivity contribution in [2.75, 3.05) is 0 Å². The smallest absolute Gasteiger partial charge is 0.123 e. The van der Waals surface area contributed by atoms with E-state index in [4.69, 9.17) is 0 Å². The third kappa shape index (κ3) is 6.10. The topological polar surface area (TPSA) is 9.86 Å². The predicted octanol–water partition coefficient (Wildman–Crippen LogP) is 14.3. The fraction of sp³-hybridized carbons (Fsp3) is 0.0189. The van der Waals surface area contributed by atoms with Crippen molar-refractivity contribution in [3.63, 3.8) is 0 Å². The monoisotopic (exact) mass is 720 g/mol. The second-order valence-electron chi connectivity index (χ2n) is 14.5. The van der Waals surface area contributed by atoms with Crippen LogP contribution in [0.5, 0.6) is 0 Å². The summed E-state index contributed by atoms with van der Waals surface area (Å²) in [4.78, 5) is 0. The minimum Gasteiger partial charge on any atom is -0.309 e. The van der Waals surface area contributed by atoms with Crippen molar-refractivity contribution in [1.29, 1.82) is 0 Å². The third-order valence-electron chi connectivity index (χ3n) is 10.9. The lowest BCUT2D eigenvalue weighted by Gasteiger charge is -2.08. The van der Waals surface area contributed by atoms with E-state index >= 15 is 0 Å². The van der Waals surface area contributed by atoms with Gasteiger partial charge in [-0.05, 0) is 107 Å². The summed E-state index contributed by atoms with van der Waals surface area (Å²) < 4.78 is 18.7. The van der Waals surface area contributed by atoms with Crippen LogP contribution < -0.4 is 0 Å². The Kier molecular flexibility index (Phi) is 8.26. The Morgan fingerprint density at radius 3 is 1.20 bits per heavy atom. The van der Waals surface area contributed by atoms with Crippen LogP contribution in [0.15, 0.2) is 182 Å². The highest BCUT2D eigenvalue weighted by Crippen LogP contribution is 2.34. The lowest BCUT2D eigenvalue weighted by Crippen LogP contribution is -1.93. The number of hydrogen-bond donors (Lipinski definition) is 0. The number of rotatable bonds is 7. The van der Waals surface area contributed by atoms with Gasteiger partial charge in [0.2, 0.25) is 0 Å². The van der Waals surface area contributed by atoms with Gasteiger partial charge in [-0.15, -0.1) is 0 Å². The maximum Gasteiger partial charge on any atom is 0.123 e. The molecule has 56 heavy (non-hydrogen) atoms. The molecule has 0 aliphatic heterocycles. The molecule has 2 aromatic heterocycles. The van der Waals surface area contributed by atoms with E-state index in [0.717, 1.165) is 55.4 Å². The number of hydrogen-bond acceptors (Lipinski definition) is 0. The molecule has 0 unspecified atom stereocenters. The molecule has 0 bridgehead atoms. The van der Waals surface area contributed by atoms with E-state index in [2.05, 4.69) is 192 Å². The Morgan fingerprint density at radius 1 is 0.357 bits per heavy atom. The van der Waals surface area contributed by atoms with Gasteiger partial charge in [0.05, 0.1) is 22.1 Å². The van der Waals surface area contributed by atoms with Crippen LogP contribution in [0, 0.1) is 12.7 Å². The van der Waals surface area contributed by atoms with Crippen LogP contribution in [-0.2, 0) is 0 Å². The van der Waals surface area contributed by atoms with E-state index in [-0.39, 0.29) is 5.82 Å². The first-order chi connectivity index (χ1) is 27.6. The Morgan fingerprint density at radius 2 is 0.732 bits per heavy atom. The minimum atomic E-state index is -0.222. The SMILES string of the molecule is Cc1ccc2c(c1)c1ccccc1n2-c1ccc(/C=C/c2ccc(-c3ccc(/C=C/c4ccc(-n5c6ccccc6c6cc(F)ccc65)cc4)cc3)cc2)cc1. The van der Waals surface area contributed by atoms with Gasteiger partial charge in [-0.3, -0.25) is 0 Å². The quantitative estimate of drug-likeness (QED) is 0.145. The number of halogens is 1. The molecule has 10 aromatic rings. The van der Waals surface area contributed by atoms with Crippen molar-refractivity contribution in [2.45, 2.75) is 6.92 Å². The minimum absolute atomic E-state index is 0.222. The molecule has 2 nitrogen and oxygen atoms in total. The van der Waals surface area contributed by atoms with Crippen LogP contribution >= 0.6 is 0 Å². The highest BCUT2D eigenvalue weighted by Gasteiger charge is 2.13. The average molecular weight is 721 g/mol. The Hall–Kier alpha value is -7.23. The average Bonchev–Trinajstić information content (AvgIpc) is 3.75. The Labute approximate surface area is 325 Å². The van der Waals surface area contributed by atoms with Gasteiger partial charge >= 0.3 is 0 Å². The lowest BCUT2D eigenvalue weighted by molar-refractivity contribution is 0.629. The molecule has 0 atom stereocenters. The van der Waals surface area contributed by atoms with Crippen molar-refractivity contribution in [1.82, 2.24) is 9.13 Å². The van der Waals surface area contributed by atoms with Crippen LogP contribution in [0.4, 0.5) is 4.39 Å². The standard InChI is InChI=1S/C53H37FN2/c1-36-10-32-52-48(34-36)46-6-2-4-8-50(46)55(52)44-28-19-39(20-29-44)13-11-37-15-23-41(24-16-37)42-25-17-38(18-26-42)12-14-40-21-30-45(31-22-40)56-51-9-5-3-7-47(51)49-35-43(54)27-33-53(49)56/h2-35H,1H3/b13-11+,14-12+. The zero-order valence-electron chi connectivity index (χ0n) is 30.9. The van der Waals surface area contributed by atoms with Crippen LogP contribution in [0.1, 0.15) is 27.8 Å². The van der Waals surface area contributed by atoms with Crippen LogP contribution in [0.25, 0.3) is 90.4 Å². The first-order valence-electron chi connectivity index (χ1n) is 19.0. The van der Waals surface area contributed by atoms with Gasteiger partial charge in [-0.2, -0.15) is 0 Å². The highest BCUT2D eigenvalue weighted by atomic mass is 19.1. The van der Waals surface area contributed by atoms with Crippen LogP contribution in [-0.4, -0.2) is 9.13 Å². The molecule has 2 heterocycles. The molecule has 0 fully saturated rings. The summed E-state index contributed by atoms with van der Waals surface area (Å²) in [5.41, 5.74) is 14.9. The van der Waals surface area contributed by atoms with E-state index in [1.165, 1.54) is 44.6 Å². The van der Waals surface area contributed by atoms with Gasteiger partial charge in [-0.1, -0.05) is 145 Å². The highest BCUT2D eigenvalue weighted by molar-refractivity contribution is 6.10. The Bertz CT molecular complexity index is 2890. The molecule has 0 aliphatic rings. The number of benzene rings is 8. The zero-order chi connectivity index (χ0) is 37.6. The number of nitrogens with zero attached hydrogens (tertiary/aromatic N) is 2. The zero-order valence-corrected chi connectivity index (χ0v) is 30.9. The first-order valence-corrected chi connectivity index (χ1v) is 19.0. The molecule has 10 rings (SSSR count). The molecular formula is C53H37FN2. The molecule has 3 heteroatoms. The lowest BCUT2D eigenvalue weighted by atomic mass is 10.0. The molecule has 266 valence electrons. The molecular weight excluding hydrogens is 684 g/mol. The van der Waals surface area contributed by atoms with Crippen LogP contribution in [0.2, 0.25) is 0 Å². The Balaban J connectivity index is 0.810. The number of fused-ring (bicyclic) bond motifs is 6. The van der Waals surface area contributed by atoms with Gasteiger partial charge < -0.3 is 9.13 Å². The number of aryl methyl sites for hydroxylation is 1. The molecule has 0 N–H and O–H groups in total. The molecule has 0 radical (unpaired) electrons. The molecule has 0 spiro atoms. The van der Waals surface area contributed by atoms with Gasteiger partial charge in [0.1, 0.15) is 5.82 Å². The van der Waals surface area contributed by atoms with Crippen molar-refractivity contribution >= 4 is 67.9 Å². The second kappa shape index (κ2) is 13.9. The van der Waals surface area contributed by atoms with E-state index < -0.39 is 0 Å². The van der Waals surface area contributed by atoms with E-state index in [1.54, 1.807) is 6.07 Å². The summed E-state index contributed by atoms with van der Waals surface area (Å²) in [6, 6.07) is 63.3. The fourth-order valence-electron chi connectivity index (χ4n) is 8.02. The number of para-hydroxylation sites is 2. The summed E-state index contributed by atoms with van der Waals surface area (Å²) in [6.45, 7) is 2.15. The maximum atomic E-state index is 14.1. The van der Waals surface area contributed by atoms with Crippen molar-refractivity contribution in [2.24, 2.45) is 0 Å². The van der Waals surface area contributed by atoms with Gasteiger partial charge in [-0.25, -0.2) is 4.39 Å². The summed E-state index contributed by atoms with van der Waals surface area (Å²) in [5.74, 6) is -0.222. The van der Waals surface area contributed by atoms with Gasteiger partial charge in [0.25, 0.3) is 0 Å². The molecule has 8 aromatic carbocycles. The summed E-state index contributed by atoms with van der Waals surface area (Å²) >= 11 is 0. The third-order valence-corrected chi connectivity index (χ3v) is 10.9. The molecule has 0 saturated carbocycles. The molecule has 0 saturated heterocycles. The maximum absolute atomic E-state index is 14.1. The van der Waals surface area contributed by atoms with Crippen molar-refractivity contribution in [3.05, 3.63) is 216 Å². The van der Waals surface area contributed by atoms with Gasteiger partial charge in [0.15, 0.2) is 0 Å². The van der Waals surface area contributed by atoms with Crippen molar-refractivity contribution in [3.8, 4) is 22.5 Å². The second-order valence-corrected chi connectivity index (χ2v) is 14.5. The summed E-state index contributed by atoms with van der Waals surface area (Å²) in [7, 11) is 0. The van der Waals surface area contributed by atoms with E-state index in [1.807, 2.05) is 18.2 Å². The normalized spacial score (nSPS) is 12.0. The van der Waals surface area contributed by atoms with Crippen molar-refractivity contribution < 1.29 is 4.39 Å². The van der Waals surface area contributed by atoms with Gasteiger partial charge in [0, 0.05) is 32.9 Å². The largest absolute Gasteiger partial charge is 0.309 e.